The average Bonchev–Trinajstić information content (AvgIpc) is 2.40. The summed E-state index contributed by atoms with van der Waals surface area (Å²) in [6, 6.07) is 0. The zero-order valence-electron chi connectivity index (χ0n) is 10.4. The van der Waals surface area contributed by atoms with E-state index in [-0.39, 0.29) is 13.2 Å². The molecule has 0 aromatic heterocycles. The van der Waals surface area contributed by atoms with Crippen LogP contribution in [0, 0.1) is 5.41 Å². The third-order valence-corrected chi connectivity index (χ3v) is 2.08. The quantitative estimate of drug-likeness (QED) is 0.377. The van der Waals surface area contributed by atoms with Crippen LogP contribution in [0.5, 0.6) is 0 Å². The summed E-state index contributed by atoms with van der Waals surface area (Å²) in [4.78, 5) is 33.5. The SMILES string of the molecule is C=CC(=O)OCC(C)(COC(=O)C=C)C(=O)OC. The molecule has 0 saturated carbocycles. The van der Waals surface area contributed by atoms with Gasteiger partial charge in [-0.2, -0.15) is 0 Å². The van der Waals surface area contributed by atoms with Crippen molar-refractivity contribution in [3.05, 3.63) is 25.3 Å². The average molecular weight is 256 g/mol. The van der Waals surface area contributed by atoms with Crippen molar-refractivity contribution in [3.8, 4) is 0 Å². The van der Waals surface area contributed by atoms with Gasteiger partial charge in [0.05, 0.1) is 7.11 Å². The van der Waals surface area contributed by atoms with Crippen LogP contribution in [0.15, 0.2) is 25.3 Å². The Morgan fingerprint density at radius 3 is 1.72 bits per heavy atom. The topological polar surface area (TPSA) is 78.9 Å². The molecule has 0 aromatic rings. The molecular weight excluding hydrogens is 240 g/mol. The van der Waals surface area contributed by atoms with E-state index in [0.717, 1.165) is 12.2 Å². The Hall–Kier alpha value is -2.11. The van der Waals surface area contributed by atoms with Crippen LogP contribution >= 0.6 is 0 Å². The van der Waals surface area contributed by atoms with Gasteiger partial charge in [-0.05, 0) is 6.92 Å². The van der Waals surface area contributed by atoms with Crippen molar-refractivity contribution < 1.29 is 28.6 Å². The highest BCUT2D eigenvalue weighted by atomic mass is 16.6. The highest BCUT2D eigenvalue weighted by molar-refractivity contribution is 5.83. The van der Waals surface area contributed by atoms with E-state index in [1.54, 1.807) is 0 Å². The maximum Gasteiger partial charge on any atom is 0.330 e. The van der Waals surface area contributed by atoms with E-state index in [1.165, 1.54) is 14.0 Å². The number of hydrogen-bond donors (Lipinski definition) is 0. The summed E-state index contributed by atoms with van der Waals surface area (Å²) in [6.45, 7) is 7.33. The normalized spacial score (nSPS) is 10.1. The molecule has 0 radical (unpaired) electrons. The van der Waals surface area contributed by atoms with Crippen LogP contribution in [0.4, 0.5) is 0 Å². The van der Waals surface area contributed by atoms with Crippen LogP contribution in [0.25, 0.3) is 0 Å². The predicted molar refractivity (Wildman–Crippen MR) is 62.4 cm³/mol. The fourth-order valence-electron chi connectivity index (χ4n) is 0.985. The molecule has 0 N–H and O–H groups in total. The van der Waals surface area contributed by atoms with Gasteiger partial charge >= 0.3 is 17.9 Å². The molecule has 0 atom stereocenters. The molecule has 0 fully saturated rings. The fraction of sp³-hybridized carbons (Fsp3) is 0.417. The van der Waals surface area contributed by atoms with E-state index in [1.807, 2.05) is 0 Å². The van der Waals surface area contributed by atoms with Gasteiger partial charge in [0.15, 0.2) is 0 Å². The van der Waals surface area contributed by atoms with E-state index in [0.29, 0.717) is 0 Å². The van der Waals surface area contributed by atoms with E-state index in [4.69, 9.17) is 9.47 Å². The van der Waals surface area contributed by atoms with Crippen molar-refractivity contribution in [2.24, 2.45) is 5.41 Å². The summed E-state index contributed by atoms with van der Waals surface area (Å²) >= 11 is 0. The first-order valence-electron chi connectivity index (χ1n) is 5.06. The van der Waals surface area contributed by atoms with Gasteiger partial charge in [0.25, 0.3) is 0 Å². The number of hydrogen-bond acceptors (Lipinski definition) is 6. The minimum absolute atomic E-state index is 0.283. The molecule has 0 saturated heterocycles. The summed E-state index contributed by atoms with van der Waals surface area (Å²) in [5.41, 5.74) is -1.27. The lowest BCUT2D eigenvalue weighted by atomic mass is 9.93. The highest BCUT2D eigenvalue weighted by Crippen LogP contribution is 2.20. The highest BCUT2D eigenvalue weighted by Gasteiger charge is 2.37. The number of rotatable bonds is 7. The molecule has 18 heavy (non-hydrogen) atoms. The molecule has 100 valence electrons. The third-order valence-electron chi connectivity index (χ3n) is 2.08. The van der Waals surface area contributed by atoms with Crippen LogP contribution in [0.2, 0.25) is 0 Å². The smallest absolute Gasteiger partial charge is 0.330 e. The number of ether oxygens (including phenoxy) is 3. The minimum atomic E-state index is -1.27. The first-order valence-corrected chi connectivity index (χ1v) is 5.06. The molecule has 0 aliphatic heterocycles. The number of methoxy groups -OCH3 is 1. The Morgan fingerprint density at radius 1 is 1.06 bits per heavy atom. The summed E-state index contributed by atoms with van der Waals surface area (Å²) < 4.78 is 14.1. The maximum atomic E-state index is 11.6. The molecule has 0 unspecified atom stereocenters. The fourth-order valence-corrected chi connectivity index (χ4v) is 0.985. The van der Waals surface area contributed by atoms with E-state index >= 15 is 0 Å². The van der Waals surface area contributed by atoms with Crippen molar-refractivity contribution in [2.75, 3.05) is 20.3 Å². The molecule has 6 nitrogen and oxygen atoms in total. The summed E-state index contributed by atoms with van der Waals surface area (Å²) in [5.74, 6) is -2.02. The van der Waals surface area contributed by atoms with E-state index < -0.39 is 23.3 Å². The molecule has 0 spiro atoms. The van der Waals surface area contributed by atoms with Gasteiger partial charge in [0.1, 0.15) is 18.6 Å². The molecule has 0 bridgehead atoms. The van der Waals surface area contributed by atoms with Crippen LogP contribution in [-0.2, 0) is 28.6 Å². The van der Waals surface area contributed by atoms with E-state index in [2.05, 4.69) is 17.9 Å². The van der Waals surface area contributed by atoms with Gasteiger partial charge in [-0.1, -0.05) is 13.2 Å². The number of esters is 3. The number of carbonyl (C=O) groups is 3. The number of carbonyl (C=O) groups excluding carboxylic acids is 3. The van der Waals surface area contributed by atoms with Crippen molar-refractivity contribution in [1.29, 1.82) is 0 Å². The Kier molecular flexibility index (Phi) is 6.41. The van der Waals surface area contributed by atoms with Crippen LogP contribution in [0.1, 0.15) is 6.92 Å². The Balaban J connectivity index is 4.66. The Bertz CT molecular complexity index is 334. The standard InChI is InChI=1S/C12H16O6/c1-5-9(13)17-7-12(3,11(15)16-4)8-18-10(14)6-2/h5-6H,1-2,7-8H2,3-4H3. The van der Waals surface area contributed by atoms with Gasteiger partial charge in [0, 0.05) is 12.2 Å². The molecule has 0 rings (SSSR count). The van der Waals surface area contributed by atoms with Gasteiger partial charge in [0.2, 0.25) is 0 Å². The van der Waals surface area contributed by atoms with Gasteiger partial charge in [-0.3, -0.25) is 4.79 Å². The summed E-state index contributed by atoms with van der Waals surface area (Å²) in [5, 5.41) is 0. The molecule has 6 heteroatoms. The second kappa shape index (κ2) is 7.26. The monoisotopic (exact) mass is 256 g/mol. The van der Waals surface area contributed by atoms with Crippen molar-refractivity contribution >= 4 is 17.9 Å². The molecule has 0 aliphatic rings. The third kappa shape index (κ3) is 4.82. The Labute approximate surface area is 105 Å². The molecule has 0 aromatic carbocycles. The van der Waals surface area contributed by atoms with Crippen LogP contribution < -0.4 is 0 Å². The second-order valence-electron chi connectivity index (χ2n) is 3.68. The van der Waals surface area contributed by atoms with Gasteiger partial charge in [-0.15, -0.1) is 0 Å². The predicted octanol–water partition coefficient (Wildman–Crippen LogP) is 0.624. The zero-order chi connectivity index (χ0) is 14.2. The Morgan fingerprint density at radius 2 is 1.44 bits per heavy atom. The van der Waals surface area contributed by atoms with Gasteiger partial charge < -0.3 is 14.2 Å². The van der Waals surface area contributed by atoms with Crippen LogP contribution in [0.3, 0.4) is 0 Å². The molecule has 0 amide bonds. The minimum Gasteiger partial charge on any atom is -0.468 e. The maximum absolute atomic E-state index is 11.6. The van der Waals surface area contributed by atoms with Gasteiger partial charge in [-0.25, -0.2) is 9.59 Å². The summed E-state index contributed by atoms with van der Waals surface area (Å²) in [6.07, 6.45) is 1.93. The van der Waals surface area contributed by atoms with Crippen molar-refractivity contribution in [1.82, 2.24) is 0 Å². The van der Waals surface area contributed by atoms with Crippen molar-refractivity contribution in [2.45, 2.75) is 6.92 Å². The van der Waals surface area contributed by atoms with Crippen molar-refractivity contribution in [3.63, 3.8) is 0 Å². The van der Waals surface area contributed by atoms with Crippen LogP contribution in [-0.4, -0.2) is 38.2 Å². The summed E-state index contributed by atoms with van der Waals surface area (Å²) in [7, 11) is 1.19. The second-order valence-corrected chi connectivity index (χ2v) is 3.68. The lowest BCUT2D eigenvalue weighted by Gasteiger charge is -2.25. The first-order chi connectivity index (χ1) is 8.39. The first kappa shape index (κ1) is 15.9. The van der Waals surface area contributed by atoms with E-state index in [9.17, 15) is 14.4 Å². The zero-order valence-corrected chi connectivity index (χ0v) is 10.4. The largest absolute Gasteiger partial charge is 0.468 e. The lowest BCUT2D eigenvalue weighted by Crippen LogP contribution is -2.39. The molecular formula is C12H16O6. The lowest BCUT2D eigenvalue weighted by molar-refractivity contribution is -0.165. The molecule has 0 aliphatic carbocycles. The molecule has 0 heterocycles.